The highest BCUT2D eigenvalue weighted by Gasteiger charge is 2.35. The summed E-state index contributed by atoms with van der Waals surface area (Å²) in [6.45, 7) is 0.821. The molecule has 0 radical (unpaired) electrons. The third-order valence-electron chi connectivity index (χ3n) is 5.21. The molecular formula is C18H23ClFNO2. The summed E-state index contributed by atoms with van der Waals surface area (Å²) in [5.74, 6) is -0.103. The quantitative estimate of drug-likeness (QED) is 0.914. The Kier molecular flexibility index (Phi) is 5.22. The lowest BCUT2D eigenvalue weighted by molar-refractivity contribution is -0.137. The molecular weight excluding hydrogens is 317 g/mol. The van der Waals surface area contributed by atoms with Crippen LogP contribution in [0.3, 0.4) is 0 Å². The zero-order valence-corrected chi connectivity index (χ0v) is 13.9. The van der Waals surface area contributed by atoms with Crippen molar-refractivity contribution in [2.45, 2.75) is 57.1 Å². The summed E-state index contributed by atoms with van der Waals surface area (Å²) in [6, 6.07) is 4.88. The highest BCUT2D eigenvalue weighted by Crippen LogP contribution is 2.33. The van der Waals surface area contributed by atoms with Crippen LogP contribution >= 0.6 is 11.6 Å². The van der Waals surface area contributed by atoms with E-state index in [4.69, 9.17) is 11.6 Å². The van der Waals surface area contributed by atoms with Gasteiger partial charge in [0.25, 0.3) is 0 Å². The van der Waals surface area contributed by atoms with Crippen LogP contribution in [0.25, 0.3) is 0 Å². The predicted molar refractivity (Wildman–Crippen MR) is 87.8 cm³/mol. The molecule has 1 saturated heterocycles. The summed E-state index contributed by atoms with van der Waals surface area (Å²) >= 11 is 5.80. The van der Waals surface area contributed by atoms with Crippen molar-refractivity contribution in [2.24, 2.45) is 5.92 Å². The fourth-order valence-corrected chi connectivity index (χ4v) is 4.07. The normalized spacial score (nSPS) is 28.9. The first-order chi connectivity index (χ1) is 11.0. The zero-order valence-electron chi connectivity index (χ0n) is 13.2. The van der Waals surface area contributed by atoms with Gasteiger partial charge >= 0.3 is 0 Å². The Hall–Kier alpha value is -1.13. The van der Waals surface area contributed by atoms with Crippen LogP contribution < -0.4 is 0 Å². The Morgan fingerprint density at radius 1 is 1.30 bits per heavy atom. The van der Waals surface area contributed by atoms with Crippen LogP contribution in [0.4, 0.5) is 4.39 Å². The average Bonchev–Trinajstić information content (AvgIpc) is 2.52. The maximum absolute atomic E-state index is 14.0. The molecule has 0 bridgehead atoms. The molecule has 2 fully saturated rings. The zero-order chi connectivity index (χ0) is 16.4. The molecule has 1 amide bonds. The number of halogens is 2. The van der Waals surface area contributed by atoms with Crippen LogP contribution in [0.1, 0.15) is 44.1 Å². The second-order valence-electron chi connectivity index (χ2n) is 6.78. The first kappa shape index (κ1) is 16.7. The Morgan fingerprint density at radius 3 is 2.87 bits per heavy atom. The largest absolute Gasteiger partial charge is 0.393 e. The molecule has 1 saturated carbocycles. The second kappa shape index (κ2) is 7.18. The number of hydrogen-bond donors (Lipinski definition) is 1. The number of aliphatic hydroxyl groups is 1. The van der Waals surface area contributed by atoms with E-state index in [1.807, 2.05) is 4.90 Å². The first-order valence-corrected chi connectivity index (χ1v) is 8.84. The lowest BCUT2D eigenvalue weighted by Gasteiger charge is -2.41. The van der Waals surface area contributed by atoms with E-state index in [0.717, 1.165) is 32.2 Å². The summed E-state index contributed by atoms with van der Waals surface area (Å²) in [4.78, 5) is 14.1. The number of piperidine rings is 1. The van der Waals surface area contributed by atoms with Gasteiger partial charge in [-0.25, -0.2) is 4.39 Å². The minimum atomic E-state index is -0.429. The van der Waals surface area contributed by atoms with Crippen molar-refractivity contribution in [1.29, 1.82) is 0 Å². The molecule has 126 valence electrons. The van der Waals surface area contributed by atoms with Crippen LogP contribution in [-0.2, 0) is 11.2 Å². The standard InChI is InChI=1S/C18H23ClFNO2/c19-14-5-4-12(16(20)11-14)9-13-10-15(6-7-17(13)22)21-8-2-1-3-18(21)23/h4-5,11,13,15,17,22H,1-3,6-10H2. The summed E-state index contributed by atoms with van der Waals surface area (Å²) < 4.78 is 14.0. The van der Waals surface area contributed by atoms with E-state index in [1.54, 1.807) is 12.1 Å². The molecule has 5 heteroatoms. The smallest absolute Gasteiger partial charge is 0.222 e. The van der Waals surface area contributed by atoms with E-state index < -0.39 is 6.10 Å². The van der Waals surface area contributed by atoms with Gasteiger partial charge in [-0.05, 0) is 62.1 Å². The molecule has 1 aliphatic heterocycles. The van der Waals surface area contributed by atoms with Gasteiger partial charge in [0.2, 0.25) is 5.91 Å². The minimum Gasteiger partial charge on any atom is -0.393 e. The van der Waals surface area contributed by atoms with Crippen molar-refractivity contribution in [2.75, 3.05) is 6.54 Å². The molecule has 3 unspecified atom stereocenters. The maximum Gasteiger partial charge on any atom is 0.222 e. The van der Waals surface area contributed by atoms with Crippen molar-refractivity contribution < 1.29 is 14.3 Å². The molecule has 23 heavy (non-hydrogen) atoms. The molecule has 2 aliphatic rings. The third kappa shape index (κ3) is 3.86. The molecule has 1 aromatic carbocycles. The van der Waals surface area contributed by atoms with Gasteiger partial charge in [-0.1, -0.05) is 17.7 Å². The van der Waals surface area contributed by atoms with Crippen molar-refractivity contribution in [3.63, 3.8) is 0 Å². The minimum absolute atomic E-state index is 0.0147. The number of aliphatic hydroxyl groups excluding tert-OH is 1. The van der Waals surface area contributed by atoms with E-state index in [1.165, 1.54) is 6.07 Å². The van der Waals surface area contributed by atoms with Gasteiger partial charge in [0.1, 0.15) is 5.82 Å². The Morgan fingerprint density at radius 2 is 2.13 bits per heavy atom. The molecule has 3 nitrogen and oxygen atoms in total. The van der Waals surface area contributed by atoms with E-state index in [2.05, 4.69) is 0 Å². The molecule has 3 rings (SSSR count). The molecule has 1 N–H and O–H groups in total. The molecule has 1 heterocycles. The summed E-state index contributed by atoms with van der Waals surface area (Å²) in [6.07, 6.45) is 4.99. The number of carbonyl (C=O) groups excluding carboxylic acids is 1. The predicted octanol–water partition coefficient (Wildman–Crippen LogP) is 3.56. The fraction of sp³-hybridized carbons (Fsp3) is 0.611. The molecule has 1 aliphatic carbocycles. The van der Waals surface area contributed by atoms with Gasteiger partial charge in [0.05, 0.1) is 6.10 Å². The van der Waals surface area contributed by atoms with Crippen molar-refractivity contribution in [3.05, 3.63) is 34.6 Å². The number of carbonyl (C=O) groups is 1. The number of hydrogen-bond acceptors (Lipinski definition) is 2. The summed E-state index contributed by atoms with van der Waals surface area (Å²) in [5, 5.41) is 10.7. The number of benzene rings is 1. The molecule has 0 spiro atoms. The Bertz CT molecular complexity index is 580. The van der Waals surface area contributed by atoms with Gasteiger partial charge < -0.3 is 10.0 Å². The SMILES string of the molecule is O=C1CCCCN1C1CCC(O)C(Cc2ccc(Cl)cc2F)C1. The van der Waals surface area contributed by atoms with Crippen molar-refractivity contribution >= 4 is 17.5 Å². The monoisotopic (exact) mass is 339 g/mol. The Balaban J connectivity index is 1.69. The topological polar surface area (TPSA) is 40.5 Å². The fourth-order valence-electron chi connectivity index (χ4n) is 3.91. The molecule has 3 atom stereocenters. The van der Waals surface area contributed by atoms with Crippen LogP contribution in [0, 0.1) is 11.7 Å². The van der Waals surface area contributed by atoms with Gasteiger partial charge in [-0.3, -0.25) is 4.79 Å². The second-order valence-corrected chi connectivity index (χ2v) is 7.21. The number of likely N-dealkylation sites (tertiary alicyclic amines) is 1. The van der Waals surface area contributed by atoms with Crippen molar-refractivity contribution in [3.8, 4) is 0 Å². The van der Waals surface area contributed by atoms with E-state index in [9.17, 15) is 14.3 Å². The summed E-state index contributed by atoms with van der Waals surface area (Å²) in [7, 11) is 0. The molecule has 1 aromatic rings. The van der Waals surface area contributed by atoms with Crippen molar-refractivity contribution in [1.82, 2.24) is 4.90 Å². The van der Waals surface area contributed by atoms with Crippen LogP contribution in [0.5, 0.6) is 0 Å². The van der Waals surface area contributed by atoms with Gasteiger partial charge in [0, 0.05) is 24.0 Å². The first-order valence-electron chi connectivity index (χ1n) is 8.46. The van der Waals surface area contributed by atoms with E-state index in [0.29, 0.717) is 29.8 Å². The Labute approximate surface area is 141 Å². The highest BCUT2D eigenvalue weighted by molar-refractivity contribution is 6.30. The van der Waals surface area contributed by atoms with Gasteiger partial charge in [-0.2, -0.15) is 0 Å². The number of rotatable bonds is 3. The van der Waals surface area contributed by atoms with Crippen LogP contribution in [0.15, 0.2) is 18.2 Å². The average molecular weight is 340 g/mol. The number of nitrogens with zero attached hydrogens (tertiary/aromatic N) is 1. The lowest BCUT2D eigenvalue weighted by atomic mass is 9.79. The van der Waals surface area contributed by atoms with Crippen LogP contribution in [-0.4, -0.2) is 34.6 Å². The van der Waals surface area contributed by atoms with Crippen LogP contribution in [0.2, 0.25) is 5.02 Å². The lowest BCUT2D eigenvalue weighted by Crippen LogP contribution is -2.48. The maximum atomic E-state index is 14.0. The van der Waals surface area contributed by atoms with E-state index in [-0.39, 0.29) is 23.7 Å². The third-order valence-corrected chi connectivity index (χ3v) is 5.45. The number of amides is 1. The van der Waals surface area contributed by atoms with E-state index >= 15 is 0 Å². The van der Waals surface area contributed by atoms with Gasteiger partial charge in [0.15, 0.2) is 0 Å². The summed E-state index contributed by atoms with van der Waals surface area (Å²) in [5.41, 5.74) is 0.587. The molecule has 0 aromatic heterocycles. The van der Waals surface area contributed by atoms with Gasteiger partial charge in [-0.15, -0.1) is 0 Å². The highest BCUT2D eigenvalue weighted by atomic mass is 35.5.